The minimum Gasteiger partial charge on any atom is -0.381 e. The van der Waals surface area contributed by atoms with E-state index in [2.05, 4.69) is 15.1 Å². The Morgan fingerprint density at radius 3 is 3.00 bits per heavy atom. The van der Waals surface area contributed by atoms with Crippen molar-refractivity contribution in [1.82, 2.24) is 15.1 Å². The van der Waals surface area contributed by atoms with Crippen LogP contribution in [-0.4, -0.2) is 28.3 Å². The molecule has 1 atom stereocenters. The van der Waals surface area contributed by atoms with E-state index >= 15 is 0 Å². The molecule has 0 aliphatic carbocycles. The average Bonchev–Trinajstić information content (AvgIpc) is 3.01. The highest BCUT2D eigenvalue weighted by Gasteiger charge is 2.20. The van der Waals surface area contributed by atoms with E-state index in [9.17, 15) is 0 Å². The van der Waals surface area contributed by atoms with Crippen molar-refractivity contribution in [2.45, 2.75) is 19.8 Å². The van der Waals surface area contributed by atoms with Gasteiger partial charge in [0.15, 0.2) is 11.0 Å². The third-order valence-corrected chi connectivity index (χ3v) is 3.95. The zero-order valence-corrected chi connectivity index (χ0v) is 10.9. The molecule has 7 heteroatoms. The first kappa shape index (κ1) is 11.6. The zero-order valence-electron chi connectivity index (χ0n) is 10.0. The second-order valence-corrected chi connectivity index (χ2v) is 5.45. The highest BCUT2D eigenvalue weighted by molar-refractivity contribution is 7.18. The highest BCUT2D eigenvalue weighted by atomic mass is 32.1. The molecule has 2 N–H and O–H groups in total. The van der Waals surface area contributed by atoms with Gasteiger partial charge in [-0.15, -0.1) is 0 Å². The van der Waals surface area contributed by atoms with Gasteiger partial charge in [0.05, 0.1) is 5.69 Å². The number of nitrogen functional groups attached to an aromatic ring is 1. The molecule has 0 bridgehead atoms. The smallest absolute Gasteiger partial charge is 0.269 e. The van der Waals surface area contributed by atoms with Crippen LogP contribution in [-0.2, 0) is 11.2 Å². The van der Waals surface area contributed by atoms with Gasteiger partial charge in [0, 0.05) is 19.6 Å². The average molecular weight is 266 g/mol. The zero-order chi connectivity index (χ0) is 12.5. The summed E-state index contributed by atoms with van der Waals surface area (Å²) in [4.78, 5) is 9.40. The molecule has 0 amide bonds. The fourth-order valence-electron chi connectivity index (χ4n) is 2.05. The number of nitrogens with zero attached hydrogens (tertiary/aromatic N) is 3. The summed E-state index contributed by atoms with van der Waals surface area (Å²) in [5, 5.41) is 4.52. The van der Waals surface area contributed by atoms with Crippen LogP contribution < -0.4 is 5.73 Å². The summed E-state index contributed by atoms with van der Waals surface area (Å²) in [6.45, 7) is 3.51. The number of hydrogen-bond acceptors (Lipinski definition) is 7. The molecule has 2 aromatic rings. The summed E-state index contributed by atoms with van der Waals surface area (Å²) in [5.74, 6) is 1.74. The maximum absolute atomic E-state index is 5.66. The molecule has 0 aromatic carbocycles. The molecule has 2 aromatic heterocycles. The molecule has 0 saturated carbocycles. The molecule has 1 aliphatic heterocycles. The maximum atomic E-state index is 5.66. The van der Waals surface area contributed by atoms with E-state index < -0.39 is 0 Å². The third-order valence-electron chi connectivity index (χ3n) is 2.97. The van der Waals surface area contributed by atoms with Crippen molar-refractivity contribution < 1.29 is 9.26 Å². The van der Waals surface area contributed by atoms with Crippen molar-refractivity contribution in [2.75, 3.05) is 18.9 Å². The number of hydrogen-bond donors (Lipinski definition) is 1. The van der Waals surface area contributed by atoms with Crippen LogP contribution in [0.3, 0.4) is 0 Å². The standard InChI is InChI=1S/C11H14N4O2S/c1-6-9(18-11(12)13-6)10-14-8(15-17-10)4-7-2-3-16-5-7/h7H,2-5H2,1H3,(H2,12,13). The molecular formula is C11H14N4O2S. The van der Waals surface area contributed by atoms with Crippen molar-refractivity contribution in [3.63, 3.8) is 0 Å². The van der Waals surface area contributed by atoms with E-state index in [1.54, 1.807) is 0 Å². The van der Waals surface area contributed by atoms with Crippen LogP contribution in [0.1, 0.15) is 17.9 Å². The Morgan fingerprint density at radius 2 is 2.33 bits per heavy atom. The van der Waals surface area contributed by atoms with Crippen molar-refractivity contribution >= 4 is 16.5 Å². The van der Waals surface area contributed by atoms with Crippen LogP contribution in [0.15, 0.2) is 4.52 Å². The molecule has 96 valence electrons. The predicted molar refractivity (Wildman–Crippen MR) is 67.2 cm³/mol. The lowest BCUT2D eigenvalue weighted by Gasteiger charge is -2.00. The van der Waals surface area contributed by atoms with E-state index in [-0.39, 0.29) is 0 Å². The Kier molecular flexibility index (Phi) is 3.00. The van der Waals surface area contributed by atoms with Crippen molar-refractivity contribution in [3.8, 4) is 10.8 Å². The normalized spacial score (nSPS) is 19.5. The predicted octanol–water partition coefficient (Wildman–Crippen LogP) is 1.66. The molecule has 0 spiro atoms. The van der Waals surface area contributed by atoms with Crippen LogP contribution in [0.4, 0.5) is 5.13 Å². The van der Waals surface area contributed by atoms with Crippen molar-refractivity contribution in [3.05, 3.63) is 11.5 Å². The Balaban J connectivity index is 1.78. The van der Waals surface area contributed by atoms with Gasteiger partial charge in [-0.3, -0.25) is 0 Å². The quantitative estimate of drug-likeness (QED) is 0.909. The summed E-state index contributed by atoms with van der Waals surface area (Å²) < 4.78 is 10.6. The Bertz CT molecular complexity index is 545. The summed E-state index contributed by atoms with van der Waals surface area (Å²) in [7, 11) is 0. The van der Waals surface area contributed by atoms with Gasteiger partial charge in [-0.05, 0) is 19.3 Å². The molecule has 3 rings (SSSR count). The maximum Gasteiger partial charge on any atom is 0.269 e. The van der Waals surface area contributed by atoms with Crippen LogP contribution in [0, 0.1) is 12.8 Å². The number of rotatable bonds is 3. The van der Waals surface area contributed by atoms with E-state index in [1.807, 2.05) is 6.92 Å². The molecule has 1 aliphatic rings. The number of nitrogens with two attached hydrogens (primary N) is 1. The lowest BCUT2D eigenvalue weighted by Crippen LogP contribution is -2.04. The monoisotopic (exact) mass is 266 g/mol. The van der Waals surface area contributed by atoms with Gasteiger partial charge in [-0.2, -0.15) is 4.98 Å². The number of ether oxygens (including phenoxy) is 1. The first-order chi connectivity index (χ1) is 8.72. The number of aryl methyl sites for hydroxylation is 1. The molecule has 3 heterocycles. The Hall–Kier alpha value is -1.47. The van der Waals surface area contributed by atoms with Gasteiger partial charge < -0.3 is 15.0 Å². The fraction of sp³-hybridized carbons (Fsp3) is 0.545. The van der Waals surface area contributed by atoms with E-state index in [0.717, 1.165) is 42.5 Å². The van der Waals surface area contributed by atoms with Gasteiger partial charge in [0.2, 0.25) is 0 Å². The van der Waals surface area contributed by atoms with Gasteiger partial charge in [0.25, 0.3) is 5.89 Å². The summed E-state index contributed by atoms with van der Waals surface area (Å²) >= 11 is 1.37. The second-order valence-electron chi connectivity index (χ2n) is 4.42. The molecule has 18 heavy (non-hydrogen) atoms. The van der Waals surface area contributed by atoms with Gasteiger partial charge in [0.1, 0.15) is 4.88 Å². The number of anilines is 1. The summed E-state index contributed by atoms with van der Waals surface area (Å²) in [5.41, 5.74) is 6.49. The number of thiazole rings is 1. The molecule has 1 saturated heterocycles. The van der Waals surface area contributed by atoms with E-state index in [0.29, 0.717) is 16.9 Å². The van der Waals surface area contributed by atoms with E-state index in [1.165, 1.54) is 11.3 Å². The Morgan fingerprint density at radius 1 is 1.44 bits per heavy atom. The van der Waals surface area contributed by atoms with Gasteiger partial charge >= 0.3 is 0 Å². The highest BCUT2D eigenvalue weighted by Crippen LogP contribution is 2.30. The molecule has 0 radical (unpaired) electrons. The minimum absolute atomic E-state index is 0.503. The third kappa shape index (κ3) is 2.23. The lowest BCUT2D eigenvalue weighted by atomic mass is 10.1. The van der Waals surface area contributed by atoms with Crippen LogP contribution in [0.2, 0.25) is 0 Å². The van der Waals surface area contributed by atoms with Crippen LogP contribution in [0.25, 0.3) is 10.8 Å². The summed E-state index contributed by atoms with van der Waals surface area (Å²) in [6.07, 6.45) is 1.87. The molecule has 6 nitrogen and oxygen atoms in total. The second kappa shape index (κ2) is 4.66. The van der Waals surface area contributed by atoms with E-state index in [4.69, 9.17) is 15.0 Å². The first-order valence-electron chi connectivity index (χ1n) is 5.86. The molecule has 1 unspecified atom stereocenters. The largest absolute Gasteiger partial charge is 0.381 e. The van der Waals surface area contributed by atoms with Crippen molar-refractivity contribution in [2.24, 2.45) is 5.92 Å². The van der Waals surface area contributed by atoms with Crippen molar-refractivity contribution in [1.29, 1.82) is 0 Å². The molecular weight excluding hydrogens is 252 g/mol. The van der Waals surface area contributed by atoms with Gasteiger partial charge in [-0.1, -0.05) is 16.5 Å². The number of aromatic nitrogens is 3. The fourth-order valence-corrected chi connectivity index (χ4v) is 2.80. The summed E-state index contributed by atoms with van der Waals surface area (Å²) in [6, 6.07) is 0. The van der Waals surface area contributed by atoms with Crippen LogP contribution >= 0.6 is 11.3 Å². The SMILES string of the molecule is Cc1nc(N)sc1-c1nc(CC2CCOC2)no1. The van der Waals surface area contributed by atoms with Crippen LogP contribution in [0.5, 0.6) is 0 Å². The van der Waals surface area contributed by atoms with Gasteiger partial charge in [-0.25, -0.2) is 4.98 Å². The first-order valence-corrected chi connectivity index (χ1v) is 6.67. The molecule has 1 fully saturated rings. The lowest BCUT2D eigenvalue weighted by molar-refractivity contribution is 0.185. The minimum atomic E-state index is 0.503. The Labute approximate surface area is 108 Å². The topological polar surface area (TPSA) is 87.1 Å².